The van der Waals surface area contributed by atoms with Crippen LogP contribution in [0.3, 0.4) is 0 Å². The molecule has 0 radical (unpaired) electrons. The van der Waals surface area contributed by atoms with E-state index in [9.17, 15) is 5.11 Å². The predicted molar refractivity (Wildman–Crippen MR) is 101 cm³/mol. The molecule has 2 heterocycles. The van der Waals surface area contributed by atoms with E-state index in [-0.39, 0.29) is 5.88 Å². The van der Waals surface area contributed by atoms with Crippen molar-refractivity contribution in [1.29, 1.82) is 0 Å². The van der Waals surface area contributed by atoms with Crippen molar-refractivity contribution in [2.24, 2.45) is 4.99 Å². The molecule has 0 atom stereocenters. The third-order valence-electron chi connectivity index (χ3n) is 5.10. The lowest BCUT2D eigenvalue weighted by atomic mass is 10.0. The van der Waals surface area contributed by atoms with Gasteiger partial charge in [-0.1, -0.05) is 48.5 Å². The summed E-state index contributed by atoms with van der Waals surface area (Å²) in [6, 6.07) is 19.0. The second-order valence-corrected chi connectivity index (χ2v) is 6.85. The van der Waals surface area contributed by atoms with Crippen LogP contribution in [-0.2, 0) is 6.54 Å². The van der Waals surface area contributed by atoms with Gasteiger partial charge in [0.25, 0.3) is 0 Å². The fourth-order valence-corrected chi connectivity index (χ4v) is 3.68. The number of rotatable bonds is 4. The molecule has 128 valence electrons. The van der Waals surface area contributed by atoms with Gasteiger partial charge in [-0.2, -0.15) is 0 Å². The summed E-state index contributed by atoms with van der Waals surface area (Å²) in [5, 5.41) is 11.1. The highest BCUT2D eigenvalue weighted by Gasteiger charge is 2.21. The van der Waals surface area contributed by atoms with Gasteiger partial charge in [0.15, 0.2) is 5.88 Å². The highest BCUT2D eigenvalue weighted by Crippen LogP contribution is 2.25. The average Bonchev–Trinajstić information content (AvgIpc) is 2.97. The Morgan fingerprint density at radius 3 is 2.56 bits per heavy atom. The van der Waals surface area contributed by atoms with E-state index in [4.69, 9.17) is 4.99 Å². The van der Waals surface area contributed by atoms with Crippen molar-refractivity contribution in [3.63, 3.8) is 0 Å². The number of H-pyrrole nitrogens is 1. The van der Waals surface area contributed by atoms with Crippen molar-refractivity contribution < 1.29 is 10.0 Å². The molecule has 1 aliphatic rings. The van der Waals surface area contributed by atoms with Crippen molar-refractivity contribution >= 4 is 17.1 Å². The van der Waals surface area contributed by atoms with Crippen molar-refractivity contribution in [3.05, 3.63) is 65.7 Å². The third-order valence-corrected chi connectivity index (χ3v) is 5.10. The number of para-hydroxylation sites is 1. The van der Waals surface area contributed by atoms with Crippen LogP contribution in [0.4, 0.5) is 0 Å². The van der Waals surface area contributed by atoms with Gasteiger partial charge in [-0.25, -0.2) is 0 Å². The number of hydrogen-bond donors (Lipinski definition) is 3. The van der Waals surface area contributed by atoms with Crippen molar-refractivity contribution in [1.82, 2.24) is 4.98 Å². The maximum Gasteiger partial charge on any atom is 0.198 e. The highest BCUT2D eigenvalue weighted by molar-refractivity contribution is 6.01. The second kappa shape index (κ2) is 7.11. The zero-order valence-corrected chi connectivity index (χ0v) is 14.3. The van der Waals surface area contributed by atoms with E-state index in [1.165, 1.54) is 5.56 Å². The first-order chi connectivity index (χ1) is 12.3. The van der Waals surface area contributed by atoms with Crippen LogP contribution in [0.25, 0.3) is 10.9 Å². The molecule has 4 heteroatoms. The number of likely N-dealkylation sites (tertiary alicyclic amines) is 1. The molecule has 1 fully saturated rings. The fourth-order valence-electron chi connectivity index (χ4n) is 3.68. The number of aromatic hydroxyl groups is 1. The first-order valence-electron chi connectivity index (χ1n) is 9.00. The molecule has 3 N–H and O–H groups in total. The predicted octanol–water partition coefficient (Wildman–Crippen LogP) is 2.54. The normalized spacial score (nSPS) is 21.1. The minimum atomic E-state index is 0.206. The Bertz CT molecular complexity index is 861. The highest BCUT2D eigenvalue weighted by atomic mass is 16.3. The zero-order valence-electron chi connectivity index (χ0n) is 14.3. The topological polar surface area (TPSA) is 52.8 Å². The van der Waals surface area contributed by atoms with Gasteiger partial charge in [-0.3, -0.25) is 4.99 Å². The fraction of sp³-hybridized carbons (Fsp3) is 0.286. The summed E-state index contributed by atoms with van der Waals surface area (Å²) < 4.78 is 0. The number of benzene rings is 2. The number of nitrogens with one attached hydrogen (secondary N) is 2. The number of piperidine rings is 1. The number of fused-ring (bicyclic) bond motifs is 1. The standard InChI is InChI=1S/C21H23N3O/c25-21-19(18-8-4-5-9-20(18)23-21)14-22-17-10-12-24(13-11-17)15-16-6-2-1-3-7-16/h1-9,14,17,23,25H,10-13,15H2/p+1. The molecule has 2 aromatic carbocycles. The van der Waals surface area contributed by atoms with E-state index in [1.807, 2.05) is 30.5 Å². The Kier molecular flexibility index (Phi) is 4.53. The summed E-state index contributed by atoms with van der Waals surface area (Å²) in [7, 11) is 0. The van der Waals surface area contributed by atoms with Gasteiger partial charge < -0.3 is 15.0 Å². The molecule has 0 spiro atoms. The minimum Gasteiger partial charge on any atom is -0.494 e. The van der Waals surface area contributed by atoms with Crippen LogP contribution in [0.2, 0.25) is 0 Å². The van der Waals surface area contributed by atoms with E-state index in [1.54, 1.807) is 4.90 Å². The van der Waals surface area contributed by atoms with Crippen LogP contribution in [0.1, 0.15) is 24.0 Å². The van der Waals surface area contributed by atoms with E-state index in [2.05, 4.69) is 35.3 Å². The van der Waals surface area contributed by atoms with E-state index < -0.39 is 0 Å². The van der Waals surface area contributed by atoms with Gasteiger partial charge in [0, 0.05) is 35.5 Å². The van der Waals surface area contributed by atoms with Crippen molar-refractivity contribution in [2.45, 2.75) is 25.4 Å². The lowest BCUT2D eigenvalue weighted by Gasteiger charge is -2.27. The molecule has 0 saturated carbocycles. The van der Waals surface area contributed by atoms with Crippen molar-refractivity contribution in [2.75, 3.05) is 13.1 Å². The van der Waals surface area contributed by atoms with Gasteiger partial charge in [-0.15, -0.1) is 0 Å². The lowest BCUT2D eigenvalue weighted by Crippen LogP contribution is -3.12. The third kappa shape index (κ3) is 3.59. The molecule has 1 aromatic heterocycles. The molecule has 0 bridgehead atoms. The van der Waals surface area contributed by atoms with Crippen LogP contribution in [0.5, 0.6) is 5.88 Å². The van der Waals surface area contributed by atoms with Crippen LogP contribution >= 0.6 is 0 Å². The molecular weight excluding hydrogens is 310 g/mol. The maximum absolute atomic E-state index is 10.1. The number of aromatic nitrogens is 1. The van der Waals surface area contributed by atoms with Gasteiger partial charge in [-0.05, 0) is 6.07 Å². The Hall–Kier alpha value is -2.59. The van der Waals surface area contributed by atoms with Crippen LogP contribution in [0, 0.1) is 0 Å². The van der Waals surface area contributed by atoms with E-state index >= 15 is 0 Å². The van der Waals surface area contributed by atoms with Gasteiger partial charge >= 0.3 is 0 Å². The second-order valence-electron chi connectivity index (χ2n) is 6.85. The summed E-state index contributed by atoms with van der Waals surface area (Å²) >= 11 is 0. The van der Waals surface area contributed by atoms with Crippen molar-refractivity contribution in [3.8, 4) is 5.88 Å². The lowest BCUT2D eigenvalue weighted by molar-refractivity contribution is -0.918. The molecular formula is C21H24N3O+. The molecule has 1 saturated heterocycles. The van der Waals surface area contributed by atoms with Crippen LogP contribution in [-0.4, -0.2) is 35.4 Å². The summed E-state index contributed by atoms with van der Waals surface area (Å²) in [5.41, 5.74) is 3.15. The molecule has 0 amide bonds. The van der Waals surface area contributed by atoms with Crippen LogP contribution < -0.4 is 4.90 Å². The first-order valence-corrected chi connectivity index (χ1v) is 9.00. The van der Waals surface area contributed by atoms with E-state index in [0.29, 0.717) is 6.04 Å². The molecule has 3 aromatic rings. The van der Waals surface area contributed by atoms with Crippen LogP contribution in [0.15, 0.2) is 59.6 Å². The summed E-state index contributed by atoms with van der Waals surface area (Å²) in [6.45, 7) is 3.40. The van der Waals surface area contributed by atoms with Gasteiger partial charge in [0.1, 0.15) is 6.54 Å². The molecule has 25 heavy (non-hydrogen) atoms. The first kappa shape index (κ1) is 15.9. The number of hydrogen-bond acceptors (Lipinski definition) is 2. The maximum atomic E-state index is 10.1. The Morgan fingerprint density at radius 1 is 1.04 bits per heavy atom. The number of nitrogens with zero attached hydrogens (tertiary/aromatic N) is 1. The summed E-state index contributed by atoms with van der Waals surface area (Å²) in [5.74, 6) is 0.206. The molecule has 0 aliphatic carbocycles. The molecule has 4 rings (SSSR count). The SMILES string of the molecule is Oc1[nH]c2ccccc2c1C=NC1CC[NH+](Cc2ccccc2)CC1. The Labute approximate surface area is 147 Å². The Morgan fingerprint density at radius 2 is 1.76 bits per heavy atom. The molecule has 1 aliphatic heterocycles. The largest absolute Gasteiger partial charge is 0.494 e. The Balaban J connectivity index is 1.38. The monoisotopic (exact) mass is 334 g/mol. The summed E-state index contributed by atoms with van der Waals surface area (Å²) in [4.78, 5) is 9.40. The van der Waals surface area contributed by atoms with E-state index in [0.717, 1.165) is 48.9 Å². The minimum absolute atomic E-state index is 0.206. The molecule has 0 unspecified atom stereocenters. The average molecular weight is 334 g/mol. The smallest absolute Gasteiger partial charge is 0.198 e. The quantitative estimate of drug-likeness (QED) is 0.631. The van der Waals surface area contributed by atoms with Gasteiger partial charge in [0.2, 0.25) is 0 Å². The summed E-state index contributed by atoms with van der Waals surface area (Å²) in [6.07, 6.45) is 4.05. The number of quaternary nitrogens is 1. The molecule has 4 nitrogen and oxygen atoms in total. The zero-order chi connectivity index (χ0) is 17.1. The number of aromatic amines is 1. The van der Waals surface area contributed by atoms with Gasteiger partial charge in [0.05, 0.1) is 24.7 Å². The number of aliphatic imine (C=N–C) groups is 1.